The van der Waals surface area contributed by atoms with Gasteiger partial charge in [-0.05, 0) is 33.0 Å². The summed E-state index contributed by atoms with van der Waals surface area (Å²) in [4.78, 5) is 27.3. The molecule has 0 aromatic rings. The number of nitrogens with zero attached hydrogens (tertiary/aromatic N) is 2. The van der Waals surface area contributed by atoms with E-state index in [-0.39, 0.29) is 6.04 Å². The lowest BCUT2D eigenvalue weighted by Gasteiger charge is -2.34. The van der Waals surface area contributed by atoms with Crippen LogP contribution in [-0.2, 0) is 14.3 Å². The molecule has 1 fully saturated rings. The van der Waals surface area contributed by atoms with Crippen LogP contribution in [0.25, 0.3) is 0 Å². The van der Waals surface area contributed by atoms with E-state index in [9.17, 15) is 9.59 Å². The molecule has 18 heavy (non-hydrogen) atoms. The van der Waals surface area contributed by atoms with E-state index in [4.69, 9.17) is 4.74 Å². The first-order valence-corrected chi connectivity index (χ1v) is 6.28. The minimum absolute atomic E-state index is 0.168. The van der Waals surface area contributed by atoms with Gasteiger partial charge in [0.2, 0.25) is 0 Å². The van der Waals surface area contributed by atoms with Gasteiger partial charge in [-0.2, -0.15) is 0 Å². The molecule has 6 heteroatoms. The van der Waals surface area contributed by atoms with E-state index >= 15 is 0 Å². The Bertz CT molecular complexity index is 288. The average molecular weight is 257 g/mol. The van der Waals surface area contributed by atoms with Gasteiger partial charge in [0, 0.05) is 26.7 Å². The SMILES string of the molecule is COCCNC(=O)C(=O)N(C)C1CCN(C)CC1. The molecule has 0 atom stereocenters. The highest BCUT2D eigenvalue weighted by Gasteiger charge is 2.27. The number of carbonyl (C=O) groups excluding carboxylic acids is 2. The second kappa shape index (κ2) is 7.33. The number of likely N-dealkylation sites (N-methyl/N-ethyl adjacent to an activating group) is 1. The Morgan fingerprint density at radius 3 is 2.56 bits per heavy atom. The normalized spacial score (nSPS) is 17.5. The van der Waals surface area contributed by atoms with E-state index in [2.05, 4.69) is 17.3 Å². The topological polar surface area (TPSA) is 61.9 Å². The van der Waals surface area contributed by atoms with E-state index in [0.29, 0.717) is 13.2 Å². The lowest BCUT2D eigenvalue weighted by molar-refractivity contribution is -0.147. The molecule has 1 saturated heterocycles. The third-order valence-electron chi connectivity index (χ3n) is 3.34. The number of piperidine rings is 1. The molecular formula is C12H23N3O3. The van der Waals surface area contributed by atoms with Gasteiger partial charge in [-0.1, -0.05) is 0 Å². The highest BCUT2D eigenvalue weighted by molar-refractivity contribution is 6.35. The molecule has 0 saturated carbocycles. The lowest BCUT2D eigenvalue weighted by Crippen LogP contribution is -2.49. The van der Waals surface area contributed by atoms with Gasteiger partial charge < -0.3 is 19.9 Å². The maximum Gasteiger partial charge on any atom is 0.311 e. The van der Waals surface area contributed by atoms with Crippen molar-refractivity contribution < 1.29 is 14.3 Å². The standard InChI is InChI=1S/C12H23N3O3/c1-14-7-4-10(5-8-14)15(2)12(17)11(16)13-6-9-18-3/h10H,4-9H2,1-3H3,(H,13,16). The van der Waals surface area contributed by atoms with E-state index in [1.165, 1.54) is 0 Å². The number of hydrogen-bond acceptors (Lipinski definition) is 4. The molecule has 1 aliphatic rings. The number of carbonyl (C=O) groups is 2. The first kappa shape index (κ1) is 14.9. The highest BCUT2D eigenvalue weighted by atomic mass is 16.5. The lowest BCUT2D eigenvalue weighted by atomic mass is 10.0. The average Bonchev–Trinajstić information content (AvgIpc) is 2.38. The minimum Gasteiger partial charge on any atom is -0.383 e. The van der Waals surface area contributed by atoms with Gasteiger partial charge in [-0.15, -0.1) is 0 Å². The Balaban J connectivity index is 2.38. The van der Waals surface area contributed by atoms with Crippen LogP contribution >= 0.6 is 0 Å². The van der Waals surface area contributed by atoms with Gasteiger partial charge in [0.15, 0.2) is 0 Å². The molecule has 104 valence electrons. The fourth-order valence-corrected chi connectivity index (χ4v) is 2.05. The third-order valence-corrected chi connectivity index (χ3v) is 3.34. The van der Waals surface area contributed by atoms with Crippen molar-refractivity contribution in [3.8, 4) is 0 Å². The Morgan fingerprint density at radius 2 is 2.00 bits per heavy atom. The van der Waals surface area contributed by atoms with Crippen molar-refractivity contribution in [3.05, 3.63) is 0 Å². The van der Waals surface area contributed by atoms with Gasteiger partial charge >= 0.3 is 11.8 Å². The molecular weight excluding hydrogens is 234 g/mol. The Morgan fingerprint density at radius 1 is 1.39 bits per heavy atom. The van der Waals surface area contributed by atoms with Crippen molar-refractivity contribution in [2.75, 3.05) is 47.4 Å². The van der Waals surface area contributed by atoms with Crippen LogP contribution in [0, 0.1) is 0 Å². The first-order valence-electron chi connectivity index (χ1n) is 6.28. The molecule has 6 nitrogen and oxygen atoms in total. The molecule has 0 aromatic carbocycles. The number of ether oxygens (including phenoxy) is 1. The summed E-state index contributed by atoms with van der Waals surface area (Å²) in [6, 6.07) is 0.168. The van der Waals surface area contributed by atoms with Crippen LogP contribution in [-0.4, -0.2) is 75.1 Å². The summed E-state index contributed by atoms with van der Waals surface area (Å²) in [5.74, 6) is -1.01. The molecule has 0 aliphatic carbocycles. The van der Waals surface area contributed by atoms with Gasteiger partial charge in [-0.3, -0.25) is 9.59 Å². The second-order valence-corrected chi connectivity index (χ2v) is 4.70. The number of rotatable bonds is 4. The van der Waals surface area contributed by atoms with E-state index in [1.807, 2.05) is 0 Å². The maximum atomic E-state index is 11.9. The number of amides is 2. The smallest absolute Gasteiger partial charge is 0.311 e. The zero-order valence-corrected chi connectivity index (χ0v) is 11.4. The van der Waals surface area contributed by atoms with Crippen molar-refractivity contribution in [1.29, 1.82) is 0 Å². The van der Waals surface area contributed by atoms with Crippen molar-refractivity contribution in [2.45, 2.75) is 18.9 Å². The molecule has 0 spiro atoms. The summed E-state index contributed by atoms with van der Waals surface area (Å²) in [5, 5.41) is 2.55. The summed E-state index contributed by atoms with van der Waals surface area (Å²) in [6.45, 7) is 2.71. The maximum absolute atomic E-state index is 11.9. The van der Waals surface area contributed by atoms with Crippen molar-refractivity contribution in [2.24, 2.45) is 0 Å². The second-order valence-electron chi connectivity index (χ2n) is 4.70. The van der Waals surface area contributed by atoms with Crippen LogP contribution in [0.15, 0.2) is 0 Å². The molecule has 0 radical (unpaired) electrons. The zero-order chi connectivity index (χ0) is 13.5. The Labute approximate surface area is 108 Å². The van der Waals surface area contributed by atoms with Crippen LogP contribution in [0.3, 0.4) is 0 Å². The summed E-state index contributed by atoms with van der Waals surface area (Å²) in [6.07, 6.45) is 1.84. The van der Waals surface area contributed by atoms with Crippen molar-refractivity contribution in [1.82, 2.24) is 15.1 Å². The van der Waals surface area contributed by atoms with Gasteiger partial charge in [0.05, 0.1) is 6.61 Å². The highest BCUT2D eigenvalue weighted by Crippen LogP contribution is 2.14. The van der Waals surface area contributed by atoms with Crippen LogP contribution in [0.1, 0.15) is 12.8 Å². The first-order chi connectivity index (χ1) is 8.56. The zero-order valence-electron chi connectivity index (χ0n) is 11.4. The Kier molecular flexibility index (Phi) is 6.07. The predicted molar refractivity (Wildman–Crippen MR) is 68.2 cm³/mol. The van der Waals surface area contributed by atoms with E-state index < -0.39 is 11.8 Å². The van der Waals surface area contributed by atoms with Crippen molar-refractivity contribution >= 4 is 11.8 Å². The largest absolute Gasteiger partial charge is 0.383 e. The molecule has 0 aromatic heterocycles. The Hall–Kier alpha value is -1.14. The third kappa shape index (κ3) is 4.27. The van der Waals surface area contributed by atoms with Gasteiger partial charge in [-0.25, -0.2) is 0 Å². The number of hydrogen-bond donors (Lipinski definition) is 1. The molecule has 1 heterocycles. The van der Waals surface area contributed by atoms with Gasteiger partial charge in [0.25, 0.3) is 0 Å². The number of likely N-dealkylation sites (tertiary alicyclic amines) is 1. The molecule has 2 amide bonds. The fraction of sp³-hybridized carbons (Fsp3) is 0.833. The molecule has 0 bridgehead atoms. The van der Waals surface area contributed by atoms with Crippen molar-refractivity contribution in [3.63, 3.8) is 0 Å². The number of nitrogens with one attached hydrogen (secondary N) is 1. The van der Waals surface area contributed by atoms with Gasteiger partial charge in [0.1, 0.15) is 0 Å². The van der Waals surface area contributed by atoms with Crippen LogP contribution in [0.2, 0.25) is 0 Å². The van der Waals surface area contributed by atoms with Crippen LogP contribution in [0.5, 0.6) is 0 Å². The summed E-state index contributed by atoms with van der Waals surface area (Å²) < 4.78 is 4.82. The molecule has 1 N–H and O–H groups in total. The quantitative estimate of drug-likeness (QED) is 0.534. The molecule has 1 rings (SSSR count). The van der Waals surface area contributed by atoms with E-state index in [0.717, 1.165) is 25.9 Å². The molecule has 0 unspecified atom stereocenters. The predicted octanol–water partition coefficient (Wildman–Crippen LogP) is -0.698. The summed E-state index contributed by atoms with van der Waals surface area (Å²) >= 11 is 0. The monoisotopic (exact) mass is 257 g/mol. The van der Waals surface area contributed by atoms with Crippen LogP contribution in [0.4, 0.5) is 0 Å². The summed E-state index contributed by atoms with van der Waals surface area (Å²) in [7, 11) is 5.32. The summed E-state index contributed by atoms with van der Waals surface area (Å²) in [5.41, 5.74) is 0. The minimum atomic E-state index is -0.548. The fourth-order valence-electron chi connectivity index (χ4n) is 2.05. The number of methoxy groups -OCH3 is 1. The van der Waals surface area contributed by atoms with Crippen LogP contribution < -0.4 is 5.32 Å². The molecule has 1 aliphatic heterocycles. The van der Waals surface area contributed by atoms with E-state index in [1.54, 1.807) is 19.1 Å².